The summed E-state index contributed by atoms with van der Waals surface area (Å²) in [4.78, 5) is 29.5. The number of amides is 2. The molecule has 1 unspecified atom stereocenters. The second kappa shape index (κ2) is 23.0. The first kappa shape index (κ1) is 41.7. The number of carbonyl (C=O) groups excluding carboxylic acids is 2. The number of benzene rings is 1. The van der Waals surface area contributed by atoms with Crippen LogP contribution in [-0.2, 0) is 9.59 Å². The maximum Gasteiger partial charge on any atom is 0.242 e. The van der Waals surface area contributed by atoms with E-state index in [2.05, 4.69) is 27.9 Å². The Morgan fingerprint density at radius 1 is 0.974 bits per heavy atom. The molecule has 0 aliphatic carbocycles. The number of nitrogens with one attached hydrogen (secondary N) is 3. The van der Waals surface area contributed by atoms with Crippen molar-refractivity contribution in [2.24, 2.45) is 17.2 Å². The third-order valence-electron chi connectivity index (χ3n) is 5.82. The number of halogens is 4. The average molecular weight is 633 g/mol. The van der Waals surface area contributed by atoms with Crippen molar-refractivity contribution in [3.63, 3.8) is 0 Å². The number of pyridine rings is 1. The molecule has 2 aromatic rings. The second-order valence-corrected chi connectivity index (χ2v) is 8.76. The Morgan fingerprint density at radius 3 is 2.28 bits per heavy atom. The Bertz CT molecular complexity index is 959. The maximum atomic E-state index is 12.7. The van der Waals surface area contributed by atoms with Crippen molar-refractivity contribution >= 4 is 78.0 Å². The summed E-state index contributed by atoms with van der Waals surface area (Å²) in [7, 11) is 1.64. The fraction of sp³-hybridized carbons (Fsp3) is 0.560. The van der Waals surface area contributed by atoms with Gasteiger partial charge in [0.2, 0.25) is 11.8 Å². The Kier molecular flexibility index (Phi) is 24.6. The second-order valence-electron chi connectivity index (χ2n) is 8.76. The van der Waals surface area contributed by atoms with Crippen LogP contribution in [0.25, 0.3) is 10.9 Å². The molecule has 0 aliphatic rings. The predicted octanol–water partition coefficient (Wildman–Crippen LogP) is 2.92. The van der Waals surface area contributed by atoms with Gasteiger partial charge in [0, 0.05) is 30.2 Å². The molecule has 1 aromatic heterocycles. The highest BCUT2D eigenvalue weighted by molar-refractivity contribution is 5.92. The summed E-state index contributed by atoms with van der Waals surface area (Å²) in [6, 6.07) is 6.61. The molecule has 10 nitrogen and oxygen atoms in total. The minimum atomic E-state index is -0.680. The number of hydrogen-bond acceptors (Lipinski definition) is 8. The zero-order valence-electron chi connectivity index (χ0n) is 22.5. The van der Waals surface area contributed by atoms with E-state index in [9.17, 15) is 9.59 Å². The van der Waals surface area contributed by atoms with E-state index >= 15 is 0 Å². The van der Waals surface area contributed by atoms with Gasteiger partial charge in [0.15, 0.2) is 0 Å². The number of aromatic nitrogens is 1. The summed E-state index contributed by atoms with van der Waals surface area (Å²) < 4.78 is 5.41. The minimum Gasteiger partial charge on any atom is -0.497 e. The summed E-state index contributed by atoms with van der Waals surface area (Å²) >= 11 is 0. The lowest BCUT2D eigenvalue weighted by molar-refractivity contribution is -0.129. The lowest BCUT2D eigenvalue weighted by atomic mass is 10.1. The highest BCUT2D eigenvalue weighted by Gasteiger charge is 2.23. The number of methoxy groups -OCH3 is 1. The molecule has 14 heteroatoms. The highest BCUT2D eigenvalue weighted by Crippen LogP contribution is 2.28. The van der Waals surface area contributed by atoms with Crippen LogP contribution >= 0.6 is 49.6 Å². The molecule has 0 bridgehead atoms. The van der Waals surface area contributed by atoms with E-state index in [0.29, 0.717) is 45.3 Å². The van der Waals surface area contributed by atoms with Gasteiger partial charge in [-0.05, 0) is 70.7 Å². The molecule has 0 saturated carbocycles. The molecule has 9 N–H and O–H groups in total. The van der Waals surface area contributed by atoms with Crippen LogP contribution in [0.3, 0.4) is 0 Å². The van der Waals surface area contributed by atoms with Crippen molar-refractivity contribution in [2.45, 2.75) is 63.6 Å². The molecule has 0 saturated heterocycles. The lowest BCUT2D eigenvalue weighted by Crippen LogP contribution is -2.52. The van der Waals surface area contributed by atoms with E-state index in [1.165, 1.54) is 0 Å². The summed E-state index contributed by atoms with van der Waals surface area (Å²) in [6.45, 7) is 3.49. The fourth-order valence-electron chi connectivity index (χ4n) is 3.81. The zero-order chi connectivity index (χ0) is 25.6. The molecule has 39 heavy (non-hydrogen) atoms. The first-order chi connectivity index (χ1) is 16.9. The Hall–Kier alpha value is -1.79. The standard InChI is InChI=1S/C25H41N7O3.4ClH/c1-17(31-22-16-19(35-2)15-18-8-6-13-29-23(18)22)7-5-14-30-25(34)21(10-4-12-27)32-24(33)20(28)9-3-11-26;;;;/h6,8,13,15-17,20-21,31H,3-5,7,9-12,14,26-28H2,1-2H3,(H,30,34)(H,32,33);4*1H/t17?,20-,21-;;;;/m0..../s1. The van der Waals surface area contributed by atoms with Gasteiger partial charge in [-0.25, -0.2) is 0 Å². The van der Waals surface area contributed by atoms with Crippen molar-refractivity contribution in [2.75, 3.05) is 32.1 Å². The van der Waals surface area contributed by atoms with Crippen LogP contribution in [0.15, 0.2) is 30.5 Å². The lowest BCUT2D eigenvalue weighted by Gasteiger charge is -2.21. The van der Waals surface area contributed by atoms with Gasteiger partial charge in [-0.3, -0.25) is 14.6 Å². The molecular weight excluding hydrogens is 588 g/mol. The van der Waals surface area contributed by atoms with Crippen LogP contribution in [0.5, 0.6) is 5.75 Å². The van der Waals surface area contributed by atoms with Crippen molar-refractivity contribution < 1.29 is 14.3 Å². The SMILES string of the molecule is COc1cc(NC(C)CCCNC(=O)[C@H](CCCN)NC(=O)[C@@H](N)CCCN)c2ncccc2c1.Cl.Cl.Cl.Cl. The Labute approximate surface area is 256 Å². The van der Waals surface area contributed by atoms with E-state index < -0.39 is 12.1 Å². The number of anilines is 1. The van der Waals surface area contributed by atoms with Gasteiger partial charge in [-0.2, -0.15) is 0 Å². The number of ether oxygens (including phenoxy) is 1. The van der Waals surface area contributed by atoms with Crippen molar-refractivity contribution in [3.05, 3.63) is 30.5 Å². The van der Waals surface area contributed by atoms with Crippen LogP contribution in [0.1, 0.15) is 45.4 Å². The largest absolute Gasteiger partial charge is 0.497 e. The van der Waals surface area contributed by atoms with Gasteiger partial charge in [0.05, 0.1) is 24.4 Å². The van der Waals surface area contributed by atoms with Gasteiger partial charge in [0.25, 0.3) is 0 Å². The number of nitrogens with zero attached hydrogens (tertiary/aromatic N) is 1. The van der Waals surface area contributed by atoms with Crippen molar-refractivity contribution in [1.82, 2.24) is 15.6 Å². The topological polar surface area (TPSA) is 170 Å². The molecule has 0 aliphatic heterocycles. The number of nitrogens with two attached hydrogens (primary N) is 3. The minimum absolute atomic E-state index is 0. The monoisotopic (exact) mass is 631 g/mol. The van der Waals surface area contributed by atoms with Gasteiger partial charge < -0.3 is 37.9 Å². The predicted molar refractivity (Wildman–Crippen MR) is 169 cm³/mol. The van der Waals surface area contributed by atoms with Gasteiger partial charge in [-0.1, -0.05) is 6.07 Å². The molecule has 0 radical (unpaired) electrons. The first-order valence-electron chi connectivity index (χ1n) is 12.3. The maximum absolute atomic E-state index is 12.7. The van der Waals surface area contributed by atoms with Crippen LogP contribution in [0.4, 0.5) is 5.69 Å². The number of hydrogen-bond donors (Lipinski definition) is 6. The third-order valence-corrected chi connectivity index (χ3v) is 5.82. The highest BCUT2D eigenvalue weighted by atomic mass is 35.5. The molecular formula is C25H45Cl4N7O3. The number of rotatable bonds is 16. The quantitative estimate of drug-likeness (QED) is 0.153. The summed E-state index contributed by atoms with van der Waals surface area (Å²) in [5.74, 6) is 0.203. The molecule has 226 valence electrons. The molecule has 3 atom stereocenters. The van der Waals surface area contributed by atoms with Crippen LogP contribution in [-0.4, -0.2) is 61.7 Å². The van der Waals surface area contributed by atoms with Gasteiger partial charge in [0.1, 0.15) is 11.8 Å². The van der Waals surface area contributed by atoms with E-state index in [0.717, 1.165) is 35.2 Å². The Balaban J connectivity index is -0.00000324. The molecule has 2 amide bonds. The van der Waals surface area contributed by atoms with Gasteiger partial charge in [-0.15, -0.1) is 49.6 Å². The molecule has 2 rings (SSSR count). The normalized spacial score (nSPS) is 12.2. The summed E-state index contributed by atoms with van der Waals surface area (Å²) in [5.41, 5.74) is 18.8. The van der Waals surface area contributed by atoms with E-state index in [1.54, 1.807) is 13.3 Å². The summed E-state index contributed by atoms with van der Waals surface area (Å²) in [6.07, 6.45) is 5.59. The summed E-state index contributed by atoms with van der Waals surface area (Å²) in [5, 5.41) is 10.2. The Morgan fingerprint density at radius 2 is 1.64 bits per heavy atom. The van der Waals surface area contributed by atoms with E-state index in [4.69, 9.17) is 21.9 Å². The molecule has 0 spiro atoms. The fourth-order valence-corrected chi connectivity index (χ4v) is 3.81. The number of fused-ring (bicyclic) bond motifs is 1. The van der Waals surface area contributed by atoms with Crippen LogP contribution in [0, 0.1) is 0 Å². The van der Waals surface area contributed by atoms with Gasteiger partial charge >= 0.3 is 0 Å². The van der Waals surface area contributed by atoms with Crippen LogP contribution < -0.4 is 37.9 Å². The number of carbonyl (C=O) groups is 2. The third kappa shape index (κ3) is 14.4. The van der Waals surface area contributed by atoms with Crippen molar-refractivity contribution in [1.29, 1.82) is 0 Å². The van der Waals surface area contributed by atoms with Crippen molar-refractivity contribution in [3.8, 4) is 5.75 Å². The molecule has 0 fully saturated rings. The molecule has 1 heterocycles. The zero-order valence-corrected chi connectivity index (χ0v) is 25.8. The smallest absolute Gasteiger partial charge is 0.242 e. The van der Waals surface area contributed by atoms with E-state index in [1.807, 2.05) is 24.3 Å². The van der Waals surface area contributed by atoms with Crippen LogP contribution in [0.2, 0.25) is 0 Å². The van der Waals surface area contributed by atoms with E-state index in [-0.39, 0.29) is 67.5 Å². The average Bonchev–Trinajstić information content (AvgIpc) is 2.87. The first-order valence-corrected chi connectivity index (χ1v) is 12.3. The molecule has 1 aromatic carbocycles.